The minimum absolute atomic E-state index is 0.299. The minimum Gasteiger partial charge on any atom is -0.357 e. The number of likely N-dealkylation sites (tertiary alicyclic amines) is 2. The summed E-state index contributed by atoms with van der Waals surface area (Å²) in [6, 6.07) is 8.92. The zero-order valence-corrected chi connectivity index (χ0v) is 19.7. The van der Waals surface area contributed by atoms with Gasteiger partial charge in [0, 0.05) is 52.2 Å². The van der Waals surface area contributed by atoms with E-state index in [0.29, 0.717) is 18.9 Å². The maximum atomic E-state index is 11.7. The van der Waals surface area contributed by atoms with E-state index in [1.165, 1.54) is 30.6 Å². The third kappa shape index (κ3) is 7.84. The highest BCUT2D eigenvalue weighted by molar-refractivity contribution is 5.79. The van der Waals surface area contributed by atoms with E-state index in [4.69, 9.17) is 4.99 Å². The number of piperidine rings is 1. The lowest BCUT2D eigenvalue weighted by molar-refractivity contribution is -0.127. The first-order valence-electron chi connectivity index (χ1n) is 12.1. The number of carbonyl (C=O) groups is 1. The Hall–Kier alpha value is -2.08. The zero-order valence-electron chi connectivity index (χ0n) is 19.7. The van der Waals surface area contributed by atoms with Crippen molar-refractivity contribution in [2.24, 2.45) is 16.8 Å². The molecular formula is C25H41N5O. The van der Waals surface area contributed by atoms with E-state index < -0.39 is 0 Å². The summed E-state index contributed by atoms with van der Waals surface area (Å²) < 4.78 is 0. The maximum Gasteiger partial charge on any atom is 0.222 e. The molecule has 0 spiro atoms. The van der Waals surface area contributed by atoms with Crippen LogP contribution in [0.25, 0.3) is 0 Å². The summed E-state index contributed by atoms with van der Waals surface area (Å²) in [5, 5.41) is 6.71. The van der Waals surface area contributed by atoms with Crippen molar-refractivity contribution in [3.63, 3.8) is 0 Å². The molecule has 0 aromatic heterocycles. The second-order valence-electron chi connectivity index (χ2n) is 9.42. The quantitative estimate of drug-likeness (QED) is 0.361. The van der Waals surface area contributed by atoms with Crippen LogP contribution < -0.4 is 10.6 Å². The van der Waals surface area contributed by atoms with Crippen LogP contribution in [0.1, 0.15) is 57.6 Å². The molecule has 0 bridgehead atoms. The fourth-order valence-corrected chi connectivity index (χ4v) is 4.86. The Bertz CT molecular complexity index is 707. The summed E-state index contributed by atoms with van der Waals surface area (Å²) >= 11 is 0. The molecule has 2 fully saturated rings. The van der Waals surface area contributed by atoms with Gasteiger partial charge in [0.2, 0.25) is 5.91 Å². The van der Waals surface area contributed by atoms with Gasteiger partial charge in [-0.1, -0.05) is 38.1 Å². The van der Waals surface area contributed by atoms with Gasteiger partial charge in [0.15, 0.2) is 5.96 Å². The van der Waals surface area contributed by atoms with Crippen LogP contribution in [0.5, 0.6) is 0 Å². The Morgan fingerprint density at radius 1 is 1.10 bits per heavy atom. The van der Waals surface area contributed by atoms with Crippen LogP contribution >= 0.6 is 0 Å². The van der Waals surface area contributed by atoms with Crippen LogP contribution in [0.15, 0.2) is 29.3 Å². The molecule has 1 aromatic carbocycles. The van der Waals surface area contributed by atoms with Crippen LogP contribution in [0.4, 0.5) is 0 Å². The first-order valence-corrected chi connectivity index (χ1v) is 12.1. The molecule has 172 valence electrons. The number of hydrogen-bond acceptors (Lipinski definition) is 3. The molecule has 2 N–H and O–H groups in total. The van der Waals surface area contributed by atoms with Gasteiger partial charge < -0.3 is 15.5 Å². The van der Waals surface area contributed by atoms with E-state index in [1.807, 2.05) is 4.90 Å². The van der Waals surface area contributed by atoms with E-state index in [1.54, 1.807) is 0 Å². The van der Waals surface area contributed by atoms with Crippen molar-refractivity contribution in [2.75, 3.05) is 39.3 Å². The third-order valence-corrected chi connectivity index (χ3v) is 6.21. The van der Waals surface area contributed by atoms with Crippen LogP contribution in [-0.4, -0.2) is 60.9 Å². The first-order chi connectivity index (χ1) is 15.0. The highest BCUT2D eigenvalue weighted by Crippen LogP contribution is 2.22. The average molecular weight is 428 g/mol. The van der Waals surface area contributed by atoms with Crippen LogP contribution in [0.3, 0.4) is 0 Å². The van der Waals surface area contributed by atoms with Gasteiger partial charge in [-0.3, -0.25) is 9.69 Å². The van der Waals surface area contributed by atoms with Crippen molar-refractivity contribution in [3.05, 3.63) is 35.4 Å². The molecule has 2 aliphatic rings. The summed E-state index contributed by atoms with van der Waals surface area (Å²) in [6.07, 6.45) is 4.02. The van der Waals surface area contributed by atoms with Gasteiger partial charge in [-0.05, 0) is 49.1 Å². The van der Waals surface area contributed by atoms with E-state index in [2.05, 4.69) is 60.6 Å². The SMILES string of the molecule is CCNC(=NCc1ccc(CN2CC(C)CC(C)C2)cc1)NCCCN1CCCC1=O. The van der Waals surface area contributed by atoms with Gasteiger partial charge >= 0.3 is 0 Å². The van der Waals surface area contributed by atoms with E-state index in [-0.39, 0.29) is 0 Å². The summed E-state index contributed by atoms with van der Waals surface area (Å²) in [5.41, 5.74) is 2.61. The fourth-order valence-electron chi connectivity index (χ4n) is 4.86. The number of hydrogen-bond donors (Lipinski definition) is 2. The standard InChI is InChI=1S/C25H41N5O/c1-4-26-25(27-12-6-14-30-13-5-7-24(30)31)28-16-22-8-10-23(11-9-22)19-29-17-20(2)15-21(3)18-29/h8-11,20-21H,4-7,12-19H2,1-3H3,(H2,26,27,28). The molecule has 0 aliphatic carbocycles. The molecule has 0 radical (unpaired) electrons. The lowest BCUT2D eigenvalue weighted by atomic mass is 9.91. The lowest BCUT2D eigenvalue weighted by Gasteiger charge is -2.35. The number of amides is 1. The van der Waals surface area contributed by atoms with Crippen molar-refractivity contribution in [1.82, 2.24) is 20.4 Å². The van der Waals surface area contributed by atoms with Gasteiger partial charge in [-0.2, -0.15) is 0 Å². The van der Waals surface area contributed by atoms with Gasteiger partial charge in [0.1, 0.15) is 0 Å². The molecule has 2 atom stereocenters. The Kier molecular flexibility index (Phi) is 9.19. The molecular weight excluding hydrogens is 386 g/mol. The third-order valence-electron chi connectivity index (χ3n) is 6.21. The van der Waals surface area contributed by atoms with Crippen LogP contribution in [0.2, 0.25) is 0 Å². The largest absolute Gasteiger partial charge is 0.357 e. The van der Waals surface area contributed by atoms with Gasteiger partial charge in [-0.15, -0.1) is 0 Å². The second kappa shape index (κ2) is 12.1. The molecule has 1 amide bonds. The fraction of sp³-hybridized carbons (Fsp3) is 0.680. The second-order valence-corrected chi connectivity index (χ2v) is 9.42. The highest BCUT2D eigenvalue weighted by atomic mass is 16.2. The summed E-state index contributed by atoms with van der Waals surface area (Å²) in [7, 11) is 0. The Labute approximate surface area is 188 Å². The van der Waals surface area contributed by atoms with Crippen LogP contribution in [-0.2, 0) is 17.9 Å². The zero-order chi connectivity index (χ0) is 22.1. The van der Waals surface area contributed by atoms with Gasteiger partial charge in [-0.25, -0.2) is 4.99 Å². The summed E-state index contributed by atoms with van der Waals surface area (Å²) in [6.45, 7) is 14.3. The lowest BCUT2D eigenvalue weighted by Crippen LogP contribution is -2.39. The van der Waals surface area contributed by atoms with E-state index in [0.717, 1.165) is 63.4 Å². The Balaban J connectivity index is 1.43. The van der Waals surface area contributed by atoms with Crippen molar-refractivity contribution < 1.29 is 4.79 Å². The molecule has 6 heteroatoms. The predicted molar refractivity (Wildman–Crippen MR) is 128 cm³/mol. The predicted octanol–water partition coefficient (Wildman–Crippen LogP) is 3.23. The number of nitrogens with one attached hydrogen (secondary N) is 2. The van der Waals surface area contributed by atoms with Crippen LogP contribution in [0, 0.1) is 11.8 Å². The molecule has 2 aliphatic heterocycles. The maximum absolute atomic E-state index is 11.7. The minimum atomic E-state index is 0.299. The first kappa shape index (κ1) is 23.6. The van der Waals surface area contributed by atoms with Crippen molar-refractivity contribution in [2.45, 2.75) is 59.5 Å². The number of guanidine groups is 1. The molecule has 1 aromatic rings. The average Bonchev–Trinajstić information content (AvgIpc) is 3.14. The molecule has 3 rings (SSSR count). The Morgan fingerprint density at radius 3 is 2.45 bits per heavy atom. The highest BCUT2D eigenvalue weighted by Gasteiger charge is 2.21. The number of aliphatic imine (C=N–C) groups is 1. The number of benzene rings is 1. The molecule has 2 heterocycles. The normalized spacial score (nSPS) is 22.7. The Morgan fingerprint density at radius 2 is 1.81 bits per heavy atom. The van der Waals surface area contributed by atoms with E-state index in [9.17, 15) is 4.79 Å². The molecule has 2 unspecified atom stereocenters. The number of nitrogens with zero attached hydrogens (tertiary/aromatic N) is 3. The van der Waals surface area contributed by atoms with Crippen molar-refractivity contribution >= 4 is 11.9 Å². The van der Waals surface area contributed by atoms with Gasteiger partial charge in [0.05, 0.1) is 6.54 Å². The number of rotatable bonds is 9. The number of carbonyl (C=O) groups excluding carboxylic acids is 1. The topological polar surface area (TPSA) is 60.0 Å². The molecule has 6 nitrogen and oxygen atoms in total. The molecule has 31 heavy (non-hydrogen) atoms. The van der Waals surface area contributed by atoms with Crippen molar-refractivity contribution in [1.29, 1.82) is 0 Å². The van der Waals surface area contributed by atoms with Crippen molar-refractivity contribution in [3.8, 4) is 0 Å². The monoisotopic (exact) mass is 427 g/mol. The van der Waals surface area contributed by atoms with E-state index >= 15 is 0 Å². The molecule has 2 saturated heterocycles. The molecule has 0 saturated carbocycles. The summed E-state index contributed by atoms with van der Waals surface area (Å²) in [4.78, 5) is 21.0. The summed E-state index contributed by atoms with van der Waals surface area (Å²) in [5.74, 6) is 2.74. The smallest absolute Gasteiger partial charge is 0.222 e. The van der Waals surface area contributed by atoms with Gasteiger partial charge in [0.25, 0.3) is 0 Å².